The lowest BCUT2D eigenvalue weighted by atomic mass is 9.66. The van der Waals surface area contributed by atoms with E-state index in [1.807, 2.05) is 62.9 Å². The first kappa shape index (κ1) is 28.7. The molecule has 1 N–H and O–H groups in total. The number of piperidine rings is 1. The lowest BCUT2D eigenvalue weighted by molar-refractivity contribution is -0.161. The van der Waals surface area contributed by atoms with Crippen molar-refractivity contribution in [3.05, 3.63) is 69.7 Å². The van der Waals surface area contributed by atoms with E-state index in [9.17, 15) is 18.9 Å². The molecule has 1 saturated heterocycles. The van der Waals surface area contributed by atoms with Gasteiger partial charge in [-0.15, -0.1) is 0 Å². The number of halogens is 2. The van der Waals surface area contributed by atoms with Crippen LogP contribution in [0.2, 0.25) is 10.0 Å². The minimum absolute atomic E-state index is 0.00126. The molecule has 0 saturated carbocycles. The van der Waals surface area contributed by atoms with E-state index in [-0.39, 0.29) is 35.5 Å². The van der Waals surface area contributed by atoms with E-state index in [1.54, 1.807) is 25.1 Å². The molecular weight excluding hydrogens is 517 g/mol. The molecule has 1 aliphatic rings. The normalized spacial score (nSPS) is 24.2. The highest BCUT2D eigenvalue weighted by atomic mass is 35.5. The van der Waals surface area contributed by atoms with Crippen LogP contribution >= 0.6 is 23.2 Å². The molecule has 1 amide bonds. The fraction of sp³-hybridized carbons (Fsp3) is 0.500. The molecule has 1 heterocycles. The number of nitrogens with zero attached hydrogens (tertiary/aromatic N) is 1. The Morgan fingerprint density at radius 2 is 1.72 bits per heavy atom. The molecule has 1 aliphatic heterocycles. The summed E-state index contributed by atoms with van der Waals surface area (Å²) in [5.41, 5.74) is 0.703. The molecule has 36 heavy (non-hydrogen) atoms. The third-order valence-electron chi connectivity index (χ3n) is 7.12. The second-order valence-corrected chi connectivity index (χ2v) is 13.5. The van der Waals surface area contributed by atoms with Gasteiger partial charge in [-0.1, -0.05) is 82.1 Å². The molecule has 0 radical (unpaired) electrons. The first-order chi connectivity index (χ1) is 16.8. The molecule has 3 rings (SSSR count). The van der Waals surface area contributed by atoms with E-state index in [4.69, 9.17) is 23.2 Å². The van der Waals surface area contributed by atoms with Crippen LogP contribution in [0.3, 0.4) is 0 Å². The van der Waals surface area contributed by atoms with Gasteiger partial charge < -0.3 is 10.0 Å². The Labute approximate surface area is 226 Å². The molecule has 0 aliphatic carbocycles. The summed E-state index contributed by atoms with van der Waals surface area (Å²) in [6.45, 7) is 9.60. The molecule has 5 nitrogen and oxygen atoms in total. The molecule has 2 aromatic carbocycles. The van der Waals surface area contributed by atoms with Crippen molar-refractivity contribution in [2.75, 3.05) is 5.75 Å². The standard InChI is InChI=1S/C28H35Cl2NO4S/c1-17(2)24(16-36(35)18(3)4)31-26(19-9-11-21(29)12-10-19)23(20-7-6-8-22(30)13-20)14-28(5,27(31)34)15-25(32)33/h6-13,17-18,23-24,26H,14-16H2,1-5H3,(H,32,33)/t23?,24?,26?,28-,36?/m1/s1. The molecule has 1 fully saturated rings. The predicted octanol–water partition coefficient (Wildman–Crippen LogP) is 6.71. The van der Waals surface area contributed by atoms with Crippen LogP contribution in [0, 0.1) is 11.3 Å². The highest BCUT2D eigenvalue weighted by Crippen LogP contribution is 2.52. The van der Waals surface area contributed by atoms with Gasteiger partial charge >= 0.3 is 5.97 Å². The summed E-state index contributed by atoms with van der Waals surface area (Å²) < 4.78 is 13.1. The predicted molar refractivity (Wildman–Crippen MR) is 147 cm³/mol. The van der Waals surface area contributed by atoms with Crippen molar-refractivity contribution in [1.82, 2.24) is 4.90 Å². The second-order valence-electron chi connectivity index (χ2n) is 10.6. The number of rotatable bonds is 9. The Morgan fingerprint density at radius 3 is 2.25 bits per heavy atom. The van der Waals surface area contributed by atoms with Crippen molar-refractivity contribution in [1.29, 1.82) is 0 Å². The van der Waals surface area contributed by atoms with Gasteiger partial charge in [0.05, 0.1) is 17.9 Å². The summed E-state index contributed by atoms with van der Waals surface area (Å²) >= 11 is 12.6. The Hall–Kier alpha value is -1.89. The number of carbonyl (C=O) groups excluding carboxylic acids is 1. The molecule has 0 bridgehead atoms. The van der Waals surface area contributed by atoms with Crippen LogP contribution in [-0.2, 0) is 20.4 Å². The van der Waals surface area contributed by atoms with Gasteiger partial charge in [-0.05, 0) is 47.7 Å². The average Bonchev–Trinajstić information content (AvgIpc) is 2.79. The van der Waals surface area contributed by atoms with Crippen LogP contribution in [0.5, 0.6) is 0 Å². The Kier molecular flexibility index (Phi) is 9.29. The minimum atomic E-state index is -1.16. The maximum absolute atomic E-state index is 14.3. The van der Waals surface area contributed by atoms with Crippen molar-refractivity contribution in [2.24, 2.45) is 11.3 Å². The smallest absolute Gasteiger partial charge is 0.304 e. The first-order valence-corrected chi connectivity index (χ1v) is 14.4. The van der Waals surface area contributed by atoms with Crippen LogP contribution in [-0.4, -0.2) is 43.1 Å². The van der Waals surface area contributed by atoms with Gasteiger partial charge in [-0.25, -0.2) is 0 Å². The van der Waals surface area contributed by atoms with Gasteiger partial charge in [0.1, 0.15) is 0 Å². The fourth-order valence-electron chi connectivity index (χ4n) is 5.20. The van der Waals surface area contributed by atoms with Crippen LogP contribution in [0.25, 0.3) is 0 Å². The van der Waals surface area contributed by atoms with Crippen molar-refractivity contribution in [2.45, 2.75) is 70.7 Å². The zero-order valence-electron chi connectivity index (χ0n) is 21.4. The van der Waals surface area contributed by atoms with Crippen LogP contribution in [0.4, 0.5) is 0 Å². The van der Waals surface area contributed by atoms with Crippen molar-refractivity contribution in [3.8, 4) is 0 Å². The lowest BCUT2D eigenvalue weighted by Gasteiger charge is -2.52. The van der Waals surface area contributed by atoms with Gasteiger partial charge in [-0.3, -0.25) is 13.8 Å². The number of aliphatic carboxylic acids is 1. The first-order valence-electron chi connectivity index (χ1n) is 12.3. The Balaban J connectivity index is 2.27. The third-order valence-corrected chi connectivity index (χ3v) is 9.33. The Bertz CT molecular complexity index is 1120. The van der Waals surface area contributed by atoms with E-state index in [0.29, 0.717) is 22.2 Å². The number of hydrogen-bond acceptors (Lipinski definition) is 3. The molecule has 196 valence electrons. The number of amides is 1. The van der Waals surface area contributed by atoms with Gasteiger partial charge in [0.15, 0.2) is 0 Å². The second kappa shape index (κ2) is 11.7. The summed E-state index contributed by atoms with van der Waals surface area (Å²) in [6.07, 6.45) is 0.0607. The summed E-state index contributed by atoms with van der Waals surface area (Å²) in [7, 11) is -1.16. The van der Waals surface area contributed by atoms with Crippen molar-refractivity contribution in [3.63, 3.8) is 0 Å². The molecular formula is C28H35Cl2NO4S. The third kappa shape index (κ3) is 6.32. The monoisotopic (exact) mass is 551 g/mol. The topological polar surface area (TPSA) is 74.7 Å². The number of carboxylic acid groups (broad SMARTS) is 1. The van der Waals surface area contributed by atoms with Gasteiger partial charge in [0, 0.05) is 43.8 Å². The van der Waals surface area contributed by atoms with E-state index in [1.165, 1.54) is 0 Å². The number of likely N-dealkylation sites (tertiary alicyclic amines) is 1. The Morgan fingerprint density at radius 1 is 1.08 bits per heavy atom. The molecule has 4 unspecified atom stereocenters. The van der Waals surface area contributed by atoms with Crippen LogP contribution in [0.1, 0.15) is 70.5 Å². The number of hydrogen-bond donors (Lipinski definition) is 1. The van der Waals surface area contributed by atoms with Gasteiger partial charge in [0.25, 0.3) is 0 Å². The molecule has 0 spiro atoms. The van der Waals surface area contributed by atoms with E-state index in [0.717, 1.165) is 11.1 Å². The van der Waals surface area contributed by atoms with Gasteiger partial charge in [0.2, 0.25) is 5.91 Å². The highest BCUT2D eigenvalue weighted by Gasteiger charge is 2.53. The SMILES string of the molecule is CC(C)C(CS(=O)C(C)C)N1C(=O)[C@@](C)(CC(=O)O)CC(c2cccc(Cl)c2)C1c1ccc(Cl)cc1. The van der Waals surface area contributed by atoms with E-state index < -0.39 is 28.2 Å². The van der Waals surface area contributed by atoms with Crippen LogP contribution in [0.15, 0.2) is 48.5 Å². The van der Waals surface area contributed by atoms with Crippen molar-refractivity contribution < 1.29 is 18.9 Å². The number of carbonyl (C=O) groups is 2. The van der Waals surface area contributed by atoms with Crippen LogP contribution < -0.4 is 0 Å². The summed E-state index contributed by atoms with van der Waals surface area (Å²) in [5, 5.41) is 10.9. The van der Waals surface area contributed by atoms with Gasteiger partial charge in [-0.2, -0.15) is 0 Å². The summed E-state index contributed by atoms with van der Waals surface area (Å²) in [5.74, 6) is -1.15. The van der Waals surface area contributed by atoms with Crippen molar-refractivity contribution >= 4 is 45.9 Å². The minimum Gasteiger partial charge on any atom is -0.481 e. The molecule has 2 aromatic rings. The summed E-state index contributed by atoms with van der Waals surface area (Å²) in [6, 6.07) is 14.2. The molecule has 8 heteroatoms. The number of benzene rings is 2. The highest BCUT2D eigenvalue weighted by molar-refractivity contribution is 7.85. The van der Waals surface area contributed by atoms with E-state index in [2.05, 4.69) is 0 Å². The lowest BCUT2D eigenvalue weighted by Crippen LogP contribution is -2.58. The fourth-order valence-corrected chi connectivity index (χ4v) is 6.79. The maximum atomic E-state index is 14.3. The largest absolute Gasteiger partial charge is 0.481 e. The molecule has 5 atom stereocenters. The summed E-state index contributed by atoms with van der Waals surface area (Å²) in [4.78, 5) is 28.1. The van der Waals surface area contributed by atoms with E-state index >= 15 is 0 Å². The maximum Gasteiger partial charge on any atom is 0.304 e. The zero-order chi connectivity index (χ0) is 26.8. The zero-order valence-corrected chi connectivity index (χ0v) is 23.7. The molecule has 0 aromatic heterocycles. The number of carboxylic acids is 1. The average molecular weight is 553 g/mol. The quantitative estimate of drug-likeness (QED) is 0.375.